The first-order valence-electron chi connectivity index (χ1n) is 7.81. The minimum absolute atomic E-state index is 0.134. The Balaban J connectivity index is 1.78. The number of aliphatic carboxylic acids is 1. The molecule has 0 radical (unpaired) electrons. The number of likely N-dealkylation sites (tertiary alicyclic amines) is 1. The molecule has 0 spiro atoms. The summed E-state index contributed by atoms with van der Waals surface area (Å²) in [6.07, 6.45) is 0.624. The predicted molar refractivity (Wildman–Crippen MR) is 87.0 cm³/mol. The average Bonchev–Trinajstić information content (AvgIpc) is 3.04. The van der Waals surface area contributed by atoms with Crippen molar-refractivity contribution < 1.29 is 14.7 Å². The molecule has 1 aliphatic heterocycles. The van der Waals surface area contributed by atoms with Gasteiger partial charge in [0, 0.05) is 18.8 Å². The molecule has 1 aliphatic rings. The molecule has 23 heavy (non-hydrogen) atoms. The zero-order valence-electron chi connectivity index (χ0n) is 13.0. The van der Waals surface area contributed by atoms with Crippen molar-refractivity contribution in [1.82, 2.24) is 9.88 Å². The van der Waals surface area contributed by atoms with Crippen LogP contribution in [0.2, 0.25) is 0 Å². The maximum absolute atomic E-state index is 12.7. The first-order chi connectivity index (χ1) is 11.0. The maximum Gasteiger partial charge on any atom is 0.308 e. The van der Waals surface area contributed by atoms with Gasteiger partial charge in [0.05, 0.1) is 5.92 Å². The Morgan fingerprint density at radius 3 is 2.57 bits per heavy atom. The molecule has 2 aromatic rings. The van der Waals surface area contributed by atoms with E-state index in [-0.39, 0.29) is 18.4 Å². The number of amides is 1. The summed E-state index contributed by atoms with van der Waals surface area (Å²) in [5.41, 5.74) is 2.40. The first-order valence-corrected chi connectivity index (χ1v) is 7.81. The predicted octanol–water partition coefficient (Wildman–Crippen LogP) is 2.86. The van der Waals surface area contributed by atoms with E-state index in [0.29, 0.717) is 18.7 Å². The Morgan fingerprint density at radius 1 is 1.13 bits per heavy atom. The third kappa shape index (κ3) is 3.28. The van der Waals surface area contributed by atoms with Gasteiger partial charge in [-0.1, -0.05) is 37.3 Å². The zero-order chi connectivity index (χ0) is 16.4. The highest BCUT2D eigenvalue weighted by Gasteiger charge is 2.32. The van der Waals surface area contributed by atoms with Crippen LogP contribution in [-0.2, 0) is 4.79 Å². The number of nitrogens with zero attached hydrogens (tertiary/aromatic N) is 1. The van der Waals surface area contributed by atoms with E-state index in [1.165, 1.54) is 0 Å². The second-order valence-electron chi connectivity index (χ2n) is 6.24. The van der Waals surface area contributed by atoms with Crippen LogP contribution in [-0.4, -0.2) is 40.0 Å². The van der Waals surface area contributed by atoms with E-state index in [2.05, 4.69) is 4.98 Å². The molecule has 2 N–H and O–H groups in total. The van der Waals surface area contributed by atoms with Crippen LogP contribution in [0.15, 0.2) is 42.5 Å². The minimum Gasteiger partial charge on any atom is -0.481 e. The van der Waals surface area contributed by atoms with Crippen LogP contribution in [0.1, 0.15) is 23.8 Å². The first kappa shape index (κ1) is 15.3. The number of benzene rings is 1. The van der Waals surface area contributed by atoms with Crippen molar-refractivity contribution in [3.63, 3.8) is 0 Å². The number of aromatic amines is 1. The molecule has 5 nitrogen and oxygen atoms in total. The fourth-order valence-electron chi connectivity index (χ4n) is 3.17. The van der Waals surface area contributed by atoms with E-state index >= 15 is 0 Å². The Kier molecular flexibility index (Phi) is 4.19. The van der Waals surface area contributed by atoms with Crippen LogP contribution >= 0.6 is 0 Å². The molecule has 5 heteroatoms. The van der Waals surface area contributed by atoms with Crippen LogP contribution in [0, 0.1) is 11.8 Å². The number of aromatic nitrogens is 1. The summed E-state index contributed by atoms with van der Waals surface area (Å²) in [5, 5.41) is 9.23. The fourth-order valence-corrected chi connectivity index (χ4v) is 3.17. The number of rotatable bonds is 3. The topological polar surface area (TPSA) is 73.4 Å². The zero-order valence-corrected chi connectivity index (χ0v) is 13.0. The molecule has 2 unspecified atom stereocenters. The number of carbonyl (C=O) groups is 2. The van der Waals surface area contributed by atoms with Crippen molar-refractivity contribution in [2.75, 3.05) is 13.1 Å². The lowest BCUT2D eigenvalue weighted by molar-refractivity contribution is -0.143. The molecule has 0 bridgehead atoms. The van der Waals surface area contributed by atoms with E-state index in [4.69, 9.17) is 0 Å². The van der Waals surface area contributed by atoms with Crippen LogP contribution in [0.3, 0.4) is 0 Å². The van der Waals surface area contributed by atoms with Crippen molar-refractivity contribution in [2.45, 2.75) is 13.3 Å². The summed E-state index contributed by atoms with van der Waals surface area (Å²) >= 11 is 0. The van der Waals surface area contributed by atoms with Gasteiger partial charge in [-0.25, -0.2) is 0 Å². The molecule has 1 aromatic carbocycles. The molecule has 1 fully saturated rings. The third-order valence-electron chi connectivity index (χ3n) is 4.30. The van der Waals surface area contributed by atoms with E-state index < -0.39 is 11.9 Å². The van der Waals surface area contributed by atoms with Gasteiger partial charge in [-0.3, -0.25) is 9.59 Å². The van der Waals surface area contributed by atoms with E-state index in [0.717, 1.165) is 11.3 Å². The smallest absolute Gasteiger partial charge is 0.308 e. The van der Waals surface area contributed by atoms with E-state index in [1.807, 2.05) is 43.3 Å². The van der Waals surface area contributed by atoms with Gasteiger partial charge in [0.1, 0.15) is 5.69 Å². The monoisotopic (exact) mass is 312 g/mol. The molecule has 2 atom stereocenters. The number of nitrogens with one attached hydrogen (secondary N) is 1. The summed E-state index contributed by atoms with van der Waals surface area (Å²) in [6.45, 7) is 2.86. The Hall–Kier alpha value is -2.56. The molecule has 0 saturated carbocycles. The van der Waals surface area contributed by atoms with E-state index in [9.17, 15) is 14.7 Å². The summed E-state index contributed by atoms with van der Waals surface area (Å²) in [6, 6.07) is 13.4. The highest BCUT2D eigenvalue weighted by Crippen LogP contribution is 2.24. The number of piperidine rings is 1. The number of carboxylic acid groups (broad SMARTS) is 1. The fraction of sp³-hybridized carbons (Fsp3) is 0.333. The van der Waals surface area contributed by atoms with Gasteiger partial charge < -0.3 is 15.0 Å². The highest BCUT2D eigenvalue weighted by atomic mass is 16.4. The van der Waals surface area contributed by atoms with Crippen LogP contribution in [0.5, 0.6) is 0 Å². The van der Waals surface area contributed by atoms with Crippen molar-refractivity contribution in [1.29, 1.82) is 0 Å². The van der Waals surface area contributed by atoms with Gasteiger partial charge in [-0.15, -0.1) is 0 Å². The second-order valence-corrected chi connectivity index (χ2v) is 6.24. The molecule has 1 aromatic heterocycles. The SMILES string of the molecule is CC1CC(C(=O)O)CN(C(=O)c2ccc(-c3ccccc3)[nH]2)C1. The van der Waals surface area contributed by atoms with Crippen LogP contribution in [0.4, 0.5) is 0 Å². The maximum atomic E-state index is 12.7. The molecule has 0 aliphatic carbocycles. The summed E-state index contributed by atoms with van der Waals surface area (Å²) in [7, 11) is 0. The summed E-state index contributed by atoms with van der Waals surface area (Å²) in [4.78, 5) is 28.7. The normalized spacial score (nSPS) is 21.2. The van der Waals surface area contributed by atoms with Crippen molar-refractivity contribution >= 4 is 11.9 Å². The number of carboxylic acids is 1. The van der Waals surface area contributed by atoms with Crippen LogP contribution in [0.25, 0.3) is 11.3 Å². The van der Waals surface area contributed by atoms with Gasteiger partial charge in [-0.05, 0) is 30.0 Å². The Bertz CT molecular complexity index is 708. The Morgan fingerprint density at radius 2 is 1.87 bits per heavy atom. The van der Waals surface area contributed by atoms with Gasteiger partial charge >= 0.3 is 5.97 Å². The molecule has 1 saturated heterocycles. The molecule has 120 valence electrons. The third-order valence-corrected chi connectivity index (χ3v) is 4.30. The largest absolute Gasteiger partial charge is 0.481 e. The lowest BCUT2D eigenvalue weighted by atomic mass is 9.90. The van der Waals surface area contributed by atoms with Gasteiger partial charge in [-0.2, -0.15) is 0 Å². The summed E-state index contributed by atoms with van der Waals surface area (Å²) < 4.78 is 0. The van der Waals surface area contributed by atoms with Gasteiger partial charge in [0.25, 0.3) is 5.91 Å². The van der Waals surface area contributed by atoms with E-state index in [1.54, 1.807) is 11.0 Å². The standard InChI is InChI=1S/C18H20N2O3/c1-12-9-14(18(22)23)11-20(10-12)17(21)16-8-7-15(19-16)13-5-3-2-4-6-13/h2-8,12,14,19H,9-11H2,1H3,(H,22,23). The molecule has 1 amide bonds. The van der Waals surface area contributed by atoms with Crippen molar-refractivity contribution in [2.24, 2.45) is 11.8 Å². The second kappa shape index (κ2) is 6.28. The molecular weight excluding hydrogens is 292 g/mol. The van der Waals surface area contributed by atoms with Gasteiger partial charge in [0.2, 0.25) is 0 Å². The molecule has 3 rings (SSSR count). The number of hydrogen-bond acceptors (Lipinski definition) is 2. The average molecular weight is 312 g/mol. The quantitative estimate of drug-likeness (QED) is 0.915. The molecule has 2 heterocycles. The number of carbonyl (C=O) groups excluding carboxylic acids is 1. The summed E-state index contributed by atoms with van der Waals surface area (Å²) in [5.74, 6) is -1.25. The van der Waals surface area contributed by atoms with Crippen molar-refractivity contribution in [3.8, 4) is 11.3 Å². The highest BCUT2D eigenvalue weighted by molar-refractivity contribution is 5.93. The van der Waals surface area contributed by atoms with Gasteiger partial charge in [0.15, 0.2) is 0 Å². The van der Waals surface area contributed by atoms with Crippen LogP contribution < -0.4 is 0 Å². The lowest BCUT2D eigenvalue weighted by Gasteiger charge is -2.34. The molecular formula is C18H20N2O3. The Labute approximate surface area is 134 Å². The minimum atomic E-state index is -0.828. The number of H-pyrrole nitrogens is 1. The number of hydrogen-bond donors (Lipinski definition) is 2. The van der Waals surface area contributed by atoms with Crippen molar-refractivity contribution in [3.05, 3.63) is 48.2 Å². The lowest BCUT2D eigenvalue weighted by Crippen LogP contribution is -2.45.